The molecule has 2 aromatic heterocycles. The standard InChI is InChI=1S/C13H15NO3/c1-9(2)14-10(5-6-12(14)13(15)16)8-11-4-3-7-17-11/h3-7,9H,8H2,1-2H3,(H,15,16). The molecule has 2 aromatic rings. The molecule has 0 bridgehead atoms. The van der Waals surface area contributed by atoms with Gasteiger partial charge in [0.15, 0.2) is 0 Å². The first kappa shape index (κ1) is 11.5. The molecule has 1 N–H and O–H groups in total. The molecule has 0 saturated carbocycles. The van der Waals surface area contributed by atoms with Crippen molar-refractivity contribution in [2.24, 2.45) is 0 Å². The smallest absolute Gasteiger partial charge is 0.352 e. The van der Waals surface area contributed by atoms with Crippen molar-refractivity contribution < 1.29 is 14.3 Å². The highest BCUT2D eigenvalue weighted by Gasteiger charge is 2.16. The molecule has 0 fully saturated rings. The summed E-state index contributed by atoms with van der Waals surface area (Å²) in [7, 11) is 0. The van der Waals surface area contributed by atoms with Gasteiger partial charge in [0.05, 0.1) is 6.26 Å². The summed E-state index contributed by atoms with van der Waals surface area (Å²) in [5.41, 5.74) is 1.27. The normalized spacial score (nSPS) is 11.0. The Balaban J connectivity index is 2.37. The van der Waals surface area contributed by atoms with Crippen molar-refractivity contribution in [2.75, 3.05) is 0 Å². The van der Waals surface area contributed by atoms with Crippen molar-refractivity contribution in [3.63, 3.8) is 0 Å². The van der Waals surface area contributed by atoms with Crippen LogP contribution in [0, 0.1) is 0 Å². The van der Waals surface area contributed by atoms with Gasteiger partial charge in [0, 0.05) is 18.2 Å². The Morgan fingerprint density at radius 1 is 1.41 bits per heavy atom. The third kappa shape index (κ3) is 2.25. The molecular weight excluding hydrogens is 218 g/mol. The first-order chi connectivity index (χ1) is 8.09. The number of aromatic carboxylic acids is 1. The van der Waals surface area contributed by atoms with Crippen LogP contribution >= 0.6 is 0 Å². The van der Waals surface area contributed by atoms with E-state index in [0.717, 1.165) is 11.5 Å². The van der Waals surface area contributed by atoms with Gasteiger partial charge >= 0.3 is 5.97 Å². The molecule has 0 atom stereocenters. The molecule has 0 aromatic carbocycles. The average molecular weight is 233 g/mol. The van der Waals surface area contributed by atoms with Crippen LogP contribution in [0.5, 0.6) is 0 Å². The second-order valence-electron chi connectivity index (χ2n) is 4.23. The molecule has 2 rings (SSSR count). The highest BCUT2D eigenvalue weighted by atomic mass is 16.4. The molecule has 0 aliphatic carbocycles. The number of nitrogens with zero attached hydrogens (tertiary/aromatic N) is 1. The van der Waals surface area contributed by atoms with E-state index in [1.54, 1.807) is 12.3 Å². The Labute approximate surface area is 99.5 Å². The van der Waals surface area contributed by atoms with Gasteiger partial charge in [0.1, 0.15) is 11.5 Å². The molecule has 17 heavy (non-hydrogen) atoms. The molecule has 0 amide bonds. The molecule has 2 heterocycles. The minimum absolute atomic E-state index is 0.112. The summed E-state index contributed by atoms with van der Waals surface area (Å²) in [6, 6.07) is 7.31. The number of carbonyl (C=O) groups is 1. The number of hydrogen-bond donors (Lipinski definition) is 1. The maximum Gasteiger partial charge on any atom is 0.352 e. The van der Waals surface area contributed by atoms with Crippen LogP contribution in [0.2, 0.25) is 0 Å². The van der Waals surface area contributed by atoms with E-state index >= 15 is 0 Å². The molecule has 0 aliphatic rings. The van der Waals surface area contributed by atoms with Crippen molar-refractivity contribution >= 4 is 5.97 Å². The number of aromatic nitrogens is 1. The number of hydrogen-bond acceptors (Lipinski definition) is 2. The summed E-state index contributed by atoms with van der Waals surface area (Å²) in [6.45, 7) is 3.94. The number of carboxylic acids is 1. The Morgan fingerprint density at radius 2 is 2.18 bits per heavy atom. The van der Waals surface area contributed by atoms with Crippen molar-refractivity contribution in [1.29, 1.82) is 0 Å². The second kappa shape index (κ2) is 4.49. The van der Waals surface area contributed by atoms with E-state index in [2.05, 4.69) is 0 Å². The van der Waals surface area contributed by atoms with Crippen LogP contribution in [0.4, 0.5) is 0 Å². The SMILES string of the molecule is CC(C)n1c(Cc2ccco2)ccc1C(=O)O. The van der Waals surface area contributed by atoms with E-state index in [1.807, 2.05) is 36.6 Å². The van der Waals surface area contributed by atoms with Gasteiger partial charge in [-0.1, -0.05) is 0 Å². The van der Waals surface area contributed by atoms with Crippen molar-refractivity contribution in [2.45, 2.75) is 26.3 Å². The molecule has 4 heteroatoms. The lowest BCUT2D eigenvalue weighted by Crippen LogP contribution is -2.13. The maximum absolute atomic E-state index is 11.1. The first-order valence-corrected chi connectivity index (χ1v) is 5.55. The van der Waals surface area contributed by atoms with Crippen LogP contribution in [-0.2, 0) is 6.42 Å². The third-order valence-electron chi connectivity index (χ3n) is 2.67. The number of rotatable bonds is 4. The van der Waals surface area contributed by atoms with Gasteiger partial charge in [-0.3, -0.25) is 0 Å². The lowest BCUT2D eigenvalue weighted by atomic mass is 10.2. The monoisotopic (exact) mass is 233 g/mol. The van der Waals surface area contributed by atoms with E-state index in [4.69, 9.17) is 9.52 Å². The van der Waals surface area contributed by atoms with Gasteiger partial charge in [-0.05, 0) is 38.1 Å². The predicted octanol–water partition coefficient (Wildman–Crippen LogP) is 2.95. The minimum Gasteiger partial charge on any atom is -0.477 e. The summed E-state index contributed by atoms with van der Waals surface area (Å²) in [5.74, 6) is -0.0636. The topological polar surface area (TPSA) is 55.4 Å². The van der Waals surface area contributed by atoms with Crippen molar-refractivity contribution in [3.05, 3.63) is 47.7 Å². The predicted molar refractivity (Wildman–Crippen MR) is 63.3 cm³/mol. The van der Waals surface area contributed by atoms with Crippen molar-refractivity contribution in [3.8, 4) is 0 Å². The highest BCUT2D eigenvalue weighted by molar-refractivity contribution is 5.86. The van der Waals surface area contributed by atoms with Crippen LogP contribution < -0.4 is 0 Å². The summed E-state index contributed by atoms with van der Waals surface area (Å²) < 4.78 is 7.11. The summed E-state index contributed by atoms with van der Waals surface area (Å²) in [5, 5.41) is 9.11. The second-order valence-corrected chi connectivity index (χ2v) is 4.23. The summed E-state index contributed by atoms with van der Waals surface area (Å²) in [4.78, 5) is 11.1. The zero-order valence-corrected chi connectivity index (χ0v) is 9.88. The van der Waals surface area contributed by atoms with Gasteiger partial charge in [-0.25, -0.2) is 4.79 Å². The van der Waals surface area contributed by atoms with E-state index in [0.29, 0.717) is 12.1 Å². The summed E-state index contributed by atoms with van der Waals surface area (Å²) >= 11 is 0. The fraction of sp³-hybridized carbons (Fsp3) is 0.308. The quantitative estimate of drug-likeness (QED) is 0.883. The van der Waals surface area contributed by atoms with Crippen LogP contribution in [0.3, 0.4) is 0 Å². The van der Waals surface area contributed by atoms with Gasteiger partial charge < -0.3 is 14.1 Å². The van der Waals surface area contributed by atoms with Gasteiger partial charge in [-0.15, -0.1) is 0 Å². The van der Waals surface area contributed by atoms with Crippen molar-refractivity contribution in [1.82, 2.24) is 4.57 Å². The fourth-order valence-corrected chi connectivity index (χ4v) is 2.01. The van der Waals surface area contributed by atoms with Crippen LogP contribution in [-0.4, -0.2) is 15.6 Å². The molecule has 0 radical (unpaired) electrons. The molecular formula is C13H15NO3. The Bertz CT molecular complexity index is 509. The van der Waals surface area contributed by atoms with Crippen LogP contribution in [0.1, 0.15) is 41.8 Å². The lowest BCUT2D eigenvalue weighted by molar-refractivity contribution is 0.0683. The Hall–Kier alpha value is -1.97. The Morgan fingerprint density at radius 3 is 2.71 bits per heavy atom. The number of furan rings is 1. The number of carboxylic acid groups (broad SMARTS) is 1. The van der Waals surface area contributed by atoms with E-state index in [9.17, 15) is 4.79 Å². The Kier molecular flexibility index (Phi) is 3.04. The molecule has 4 nitrogen and oxygen atoms in total. The maximum atomic E-state index is 11.1. The van der Waals surface area contributed by atoms with Gasteiger partial charge in [-0.2, -0.15) is 0 Å². The van der Waals surface area contributed by atoms with Gasteiger partial charge in [0.2, 0.25) is 0 Å². The first-order valence-electron chi connectivity index (χ1n) is 5.55. The zero-order chi connectivity index (χ0) is 12.4. The summed E-state index contributed by atoms with van der Waals surface area (Å²) in [6.07, 6.45) is 2.23. The fourth-order valence-electron chi connectivity index (χ4n) is 2.01. The van der Waals surface area contributed by atoms with E-state index in [-0.39, 0.29) is 6.04 Å². The van der Waals surface area contributed by atoms with E-state index < -0.39 is 5.97 Å². The largest absolute Gasteiger partial charge is 0.477 e. The average Bonchev–Trinajstić information content (AvgIpc) is 2.86. The molecule has 90 valence electrons. The molecule has 0 aliphatic heterocycles. The van der Waals surface area contributed by atoms with Gasteiger partial charge in [0.25, 0.3) is 0 Å². The molecule has 0 unspecified atom stereocenters. The minimum atomic E-state index is -0.899. The lowest BCUT2D eigenvalue weighted by Gasteiger charge is -2.14. The zero-order valence-electron chi connectivity index (χ0n) is 9.88. The van der Waals surface area contributed by atoms with Crippen LogP contribution in [0.15, 0.2) is 34.9 Å². The molecule has 0 spiro atoms. The highest BCUT2D eigenvalue weighted by Crippen LogP contribution is 2.19. The van der Waals surface area contributed by atoms with Crippen LogP contribution in [0.25, 0.3) is 0 Å². The third-order valence-corrected chi connectivity index (χ3v) is 2.67. The van der Waals surface area contributed by atoms with E-state index in [1.165, 1.54) is 0 Å². The molecule has 0 saturated heterocycles.